The van der Waals surface area contributed by atoms with Crippen molar-refractivity contribution in [1.29, 1.82) is 0 Å². The molecule has 128 valence electrons. The fourth-order valence-corrected chi connectivity index (χ4v) is 2.70. The highest BCUT2D eigenvalue weighted by Gasteiger charge is 2.36. The van der Waals surface area contributed by atoms with Gasteiger partial charge in [0, 0.05) is 0 Å². The van der Waals surface area contributed by atoms with Crippen molar-refractivity contribution in [3.63, 3.8) is 0 Å². The van der Waals surface area contributed by atoms with Crippen LogP contribution in [0.2, 0.25) is 0 Å². The maximum Gasteiger partial charge on any atom is 0.339 e. The van der Waals surface area contributed by atoms with Crippen molar-refractivity contribution >= 4 is 22.1 Å². The quantitative estimate of drug-likeness (QED) is 0.261. The van der Waals surface area contributed by atoms with E-state index < -0.39 is 33.3 Å². The van der Waals surface area contributed by atoms with Crippen LogP contribution in [0.15, 0.2) is 30.3 Å². The van der Waals surface area contributed by atoms with Gasteiger partial charge in [0.05, 0.1) is 0 Å². The summed E-state index contributed by atoms with van der Waals surface area (Å²) in [4.78, 5) is 23.7. The SMILES string of the molecule is NCCCC[C@H](N)C(=O)OC(=O)C(c1ccccc1)S(=O)(=O)O. The van der Waals surface area contributed by atoms with Gasteiger partial charge in [-0.3, -0.25) is 4.55 Å². The zero-order valence-electron chi connectivity index (χ0n) is 12.4. The molecule has 1 aromatic rings. The van der Waals surface area contributed by atoms with E-state index in [0.29, 0.717) is 19.4 Å². The number of esters is 2. The summed E-state index contributed by atoms with van der Waals surface area (Å²) >= 11 is 0. The molecule has 0 spiro atoms. The van der Waals surface area contributed by atoms with Gasteiger partial charge >= 0.3 is 11.9 Å². The number of hydrogen-bond donors (Lipinski definition) is 3. The Morgan fingerprint density at radius 1 is 1.13 bits per heavy atom. The molecule has 0 aromatic heterocycles. The minimum atomic E-state index is -4.79. The molecule has 0 amide bonds. The number of carbonyl (C=O) groups is 2. The second kappa shape index (κ2) is 8.73. The first-order chi connectivity index (χ1) is 10.8. The fraction of sp³-hybridized carbons (Fsp3) is 0.429. The molecule has 5 N–H and O–H groups in total. The molecule has 1 rings (SSSR count). The van der Waals surface area contributed by atoms with Crippen LogP contribution in [0.25, 0.3) is 0 Å². The summed E-state index contributed by atoms with van der Waals surface area (Å²) in [6, 6.07) is 6.16. The molecule has 0 saturated heterocycles. The zero-order chi connectivity index (χ0) is 17.5. The topological polar surface area (TPSA) is 150 Å². The van der Waals surface area contributed by atoms with Crippen molar-refractivity contribution in [1.82, 2.24) is 0 Å². The first-order valence-corrected chi connectivity index (χ1v) is 8.50. The van der Waals surface area contributed by atoms with E-state index in [-0.39, 0.29) is 12.0 Å². The van der Waals surface area contributed by atoms with E-state index in [9.17, 15) is 22.6 Å². The van der Waals surface area contributed by atoms with Crippen molar-refractivity contribution < 1.29 is 27.3 Å². The third-order valence-electron chi connectivity index (χ3n) is 3.09. The van der Waals surface area contributed by atoms with Crippen LogP contribution in [0.3, 0.4) is 0 Å². The number of rotatable bonds is 8. The van der Waals surface area contributed by atoms with Crippen LogP contribution < -0.4 is 11.5 Å². The zero-order valence-corrected chi connectivity index (χ0v) is 13.2. The average molecular weight is 344 g/mol. The number of benzene rings is 1. The summed E-state index contributed by atoms with van der Waals surface area (Å²) in [7, 11) is -4.79. The lowest BCUT2D eigenvalue weighted by atomic mass is 10.1. The lowest BCUT2D eigenvalue weighted by molar-refractivity contribution is -0.160. The predicted octanol–water partition coefficient (Wildman–Crippen LogP) is 0.142. The number of ether oxygens (including phenoxy) is 1. The summed E-state index contributed by atoms with van der Waals surface area (Å²) in [6.45, 7) is 0.444. The molecule has 8 nitrogen and oxygen atoms in total. The summed E-state index contributed by atoms with van der Waals surface area (Å²) in [5, 5.41) is -2.00. The van der Waals surface area contributed by atoms with Gasteiger partial charge in [0.1, 0.15) is 6.04 Å². The Kier molecular flexibility index (Phi) is 7.30. The summed E-state index contributed by atoms with van der Waals surface area (Å²) in [5.74, 6) is -2.44. The first kappa shape index (κ1) is 19.2. The second-order valence-corrected chi connectivity index (χ2v) is 6.44. The molecule has 1 unspecified atom stereocenters. The maximum absolute atomic E-state index is 12.0. The highest BCUT2D eigenvalue weighted by atomic mass is 32.2. The van der Waals surface area contributed by atoms with Crippen molar-refractivity contribution in [2.24, 2.45) is 11.5 Å². The van der Waals surface area contributed by atoms with Crippen LogP contribution in [0.5, 0.6) is 0 Å². The molecule has 2 atom stereocenters. The lowest BCUT2D eigenvalue weighted by Crippen LogP contribution is -2.36. The molecule has 0 bridgehead atoms. The summed E-state index contributed by atoms with van der Waals surface area (Å²) in [5.41, 5.74) is 10.9. The van der Waals surface area contributed by atoms with E-state index in [1.54, 1.807) is 6.07 Å². The molecule has 0 radical (unpaired) electrons. The average Bonchev–Trinajstić information content (AvgIpc) is 2.47. The van der Waals surface area contributed by atoms with Crippen molar-refractivity contribution in [2.45, 2.75) is 30.6 Å². The van der Waals surface area contributed by atoms with Crippen LogP contribution >= 0.6 is 0 Å². The molecular weight excluding hydrogens is 324 g/mol. The smallest absolute Gasteiger partial charge is 0.339 e. The van der Waals surface area contributed by atoms with E-state index >= 15 is 0 Å². The van der Waals surface area contributed by atoms with Gasteiger partial charge in [-0.2, -0.15) is 8.42 Å². The van der Waals surface area contributed by atoms with Crippen molar-refractivity contribution in [3.05, 3.63) is 35.9 Å². The van der Waals surface area contributed by atoms with E-state index in [4.69, 9.17) is 11.5 Å². The van der Waals surface area contributed by atoms with Gasteiger partial charge in [-0.1, -0.05) is 36.8 Å². The maximum atomic E-state index is 12.0. The van der Waals surface area contributed by atoms with Crippen LogP contribution in [0, 0.1) is 0 Å². The second-order valence-electron chi connectivity index (χ2n) is 4.94. The van der Waals surface area contributed by atoms with Gasteiger partial charge in [-0.15, -0.1) is 0 Å². The third kappa shape index (κ3) is 6.06. The van der Waals surface area contributed by atoms with Crippen LogP contribution in [0.1, 0.15) is 30.1 Å². The van der Waals surface area contributed by atoms with Crippen molar-refractivity contribution in [3.8, 4) is 0 Å². The molecule has 0 fully saturated rings. The molecule has 23 heavy (non-hydrogen) atoms. The number of hydrogen-bond acceptors (Lipinski definition) is 7. The Morgan fingerprint density at radius 2 is 1.74 bits per heavy atom. The molecule has 0 aliphatic rings. The summed E-state index contributed by atoms with van der Waals surface area (Å²) in [6.07, 6.45) is 1.49. The fourth-order valence-electron chi connectivity index (χ4n) is 1.91. The summed E-state index contributed by atoms with van der Waals surface area (Å²) < 4.78 is 36.6. The van der Waals surface area contributed by atoms with Gasteiger partial charge in [0.25, 0.3) is 10.1 Å². The monoisotopic (exact) mass is 344 g/mol. The predicted molar refractivity (Wildman–Crippen MR) is 82.7 cm³/mol. The normalized spacial score (nSPS) is 14.0. The highest BCUT2D eigenvalue weighted by Crippen LogP contribution is 2.23. The van der Waals surface area contributed by atoms with E-state index in [1.807, 2.05) is 0 Å². The molecule has 9 heteroatoms. The Morgan fingerprint density at radius 3 is 2.26 bits per heavy atom. The first-order valence-electron chi connectivity index (χ1n) is 6.99. The molecular formula is C14H20N2O6S. The van der Waals surface area contributed by atoms with E-state index in [0.717, 1.165) is 0 Å². The van der Waals surface area contributed by atoms with Gasteiger partial charge in [0.15, 0.2) is 0 Å². The standard InChI is InChI=1S/C14H20N2O6S/c15-9-5-4-8-11(16)13(17)22-14(18)12(23(19,20)21)10-6-2-1-3-7-10/h1-3,6-7,11-12H,4-5,8-9,15-16H2,(H,19,20,21)/t11-,12?/m0/s1. The highest BCUT2D eigenvalue weighted by molar-refractivity contribution is 7.86. The molecule has 0 aliphatic carbocycles. The lowest BCUT2D eigenvalue weighted by Gasteiger charge is -2.15. The third-order valence-corrected chi connectivity index (χ3v) is 4.15. The molecule has 1 aromatic carbocycles. The molecule has 0 heterocycles. The van der Waals surface area contributed by atoms with Crippen LogP contribution in [-0.4, -0.2) is 37.5 Å². The molecule has 0 aliphatic heterocycles. The van der Waals surface area contributed by atoms with E-state index in [1.165, 1.54) is 24.3 Å². The number of unbranched alkanes of at least 4 members (excludes halogenated alkanes) is 1. The molecule has 0 saturated carbocycles. The van der Waals surface area contributed by atoms with Gasteiger partial charge in [-0.25, -0.2) is 9.59 Å². The van der Waals surface area contributed by atoms with Gasteiger partial charge in [0.2, 0.25) is 5.25 Å². The number of nitrogens with two attached hydrogens (primary N) is 2. The van der Waals surface area contributed by atoms with Crippen LogP contribution in [0.4, 0.5) is 0 Å². The largest absolute Gasteiger partial charge is 0.391 e. The number of carbonyl (C=O) groups excluding carboxylic acids is 2. The Balaban J connectivity index is 2.81. The Hall–Kier alpha value is -1.81. The Labute approximate surface area is 134 Å². The van der Waals surface area contributed by atoms with Gasteiger partial charge < -0.3 is 16.2 Å². The van der Waals surface area contributed by atoms with E-state index in [2.05, 4.69) is 4.74 Å². The minimum Gasteiger partial charge on any atom is -0.391 e. The van der Waals surface area contributed by atoms with Crippen molar-refractivity contribution in [2.75, 3.05) is 6.54 Å². The van der Waals surface area contributed by atoms with Crippen LogP contribution in [-0.2, 0) is 24.4 Å². The minimum absolute atomic E-state index is 0.00972. The Bertz CT molecular complexity index is 632. The van der Waals surface area contributed by atoms with Gasteiger partial charge in [-0.05, 0) is 24.9 Å².